The van der Waals surface area contributed by atoms with E-state index >= 15 is 0 Å². The van der Waals surface area contributed by atoms with Crippen molar-refractivity contribution in [3.8, 4) is 22.5 Å². The predicted octanol–water partition coefficient (Wildman–Crippen LogP) is 9.40. The quantitative estimate of drug-likeness (QED) is 0.156. The third kappa shape index (κ3) is 5.03. The second-order valence-corrected chi connectivity index (χ2v) is 10.9. The monoisotopic (exact) mass is 716 g/mol. The van der Waals surface area contributed by atoms with E-state index in [2.05, 4.69) is 73.7 Å². The summed E-state index contributed by atoms with van der Waals surface area (Å²) in [5.41, 5.74) is 2.99. The molecule has 3 nitrogen and oxygen atoms in total. The summed E-state index contributed by atoms with van der Waals surface area (Å²) in [7, 11) is 0. The van der Waals surface area contributed by atoms with Crippen LogP contribution in [0.1, 0.15) is 15.9 Å². The first-order valence-electron chi connectivity index (χ1n) is 9.03. The summed E-state index contributed by atoms with van der Waals surface area (Å²) in [4.78, 5) is 23.0. The largest absolute Gasteiger partial charge is 0.288 e. The van der Waals surface area contributed by atoms with E-state index in [1.54, 1.807) is 36.4 Å². The van der Waals surface area contributed by atoms with Crippen LogP contribution in [0.25, 0.3) is 22.5 Å². The molecule has 160 valence electrons. The molecule has 0 unspecified atom stereocenters. The van der Waals surface area contributed by atoms with Crippen LogP contribution < -0.4 is 0 Å². The molecule has 0 aliphatic rings. The number of benzene rings is 2. The molecule has 0 spiro atoms. The summed E-state index contributed by atoms with van der Waals surface area (Å²) in [6.07, 6.45) is 0. The van der Waals surface area contributed by atoms with E-state index < -0.39 is 0 Å². The van der Waals surface area contributed by atoms with Crippen molar-refractivity contribution in [3.63, 3.8) is 0 Å². The van der Waals surface area contributed by atoms with Gasteiger partial charge in [-0.05, 0) is 92.5 Å². The van der Waals surface area contributed by atoms with E-state index in [1.165, 1.54) is 0 Å². The zero-order valence-electron chi connectivity index (χ0n) is 15.8. The van der Waals surface area contributed by atoms with Crippen LogP contribution in [0.3, 0.4) is 0 Å². The summed E-state index contributed by atoms with van der Waals surface area (Å²) < 4.78 is 2.82. The van der Waals surface area contributed by atoms with Crippen LogP contribution in [0.4, 0.5) is 0 Å². The van der Waals surface area contributed by atoms with Crippen LogP contribution in [-0.4, -0.2) is 15.8 Å². The Morgan fingerprint density at radius 1 is 0.625 bits per heavy atom. The Balaban J connectivity index is 1.94. The molecule has 4 aromatic rings. The fourth-order valence-corrected chi connectivity index (χ4v) is 4.91. The van der Waals surface area contributed by atoms with Gasteiger partial charge in [0.15, 0.2) is 5.78 Å². The smallest absolute Gasteiger partial charge is 0.197 e. The van der Waals surface area contributed by atoms with Gasteiger partial charge in [-0.15, -0.1) is 0 Å². The van der Waals surface area contributed by atoms with Crippen LogP contribution >= 0.6 is 86.9 Å². The number of ketones is 1. The highest BCUT2D eigenvalue weighted by Crippen LogP contribution is 2.37. The molecule has 9 heteroatoms. The zero-order valence-corrected chi connectivity index (χ0v) is 23.7. The maximum absolute atomic E-state index is 13.8. The highest BCUT2D eigenvalue weighted by molar-refractivity contribution is 9.11. The lowest BCUT2D eigenvalue weighted by Crippen LogP contribution is -2.08. The number of rotatable bonds is 4. The molecule has 0 fully saturated rings. The Kier molecular flexibility index (Phi) is 7.54. The molecule has 0 aliphatic heterocycles. The fourth-order valence-electron chi connectivity index (χ4n) is 3.15. The Bertz CT molecular complexity index is 1280. The lowest BCUT2D eigenvalue weighted by atomic mass is 9.95. The Morgan fingerprint density at radius 2 is 1.03 bits per heavy atom. The summed E-state index contributed by atoms with van der Waals surface area (Å²) in [5.74, 6) is -0.248. The average Bonchev–Trinajstić information content (AvgIpc) is 2.76. The minimum absolute atomic E-state index is 0.248. The molecule has 0 aliphatic carbocycles. The summed E-state index contributed by atoms with van der Waals surface area (Å²) in [6.45, 7) is 0. The number of pyridine rings is 2. The summed E-state index contributed by atoms with van der Waals surface area (Å²) in [5, 5.41) is 0.967. The summed E-state index contributed by atoms with van der Waals surface area (Å²) >= 11 is 26.7. The van der Waals surface area contributed by atoms with Crippen molar-refractivity contribution in [2.24, 2.45) is 0 Å². The van der Waals surface area contributed by atoms with Crippen LogP contribution in [0.5, 0.6) is 0 Å². The normalized spacial score (nSPS) is 10.9. The van der Waals surface area contributed by atoms with E-state index in [-0.39, 0.29) is 5.78 Å². The number of carbonyl (C=O) groups excluding carboxylic acids is 1. The second kappa shape index (κ2) is 10.0. The van der Waals surface area contributed by atoms with Gasteiger partial charge in [-0.25, -0.2) is 9.97 Å². The number of nitrogens with zero attached hydrogens (tertiary/aromatic N) is 2. The second-order valence-electron chi connectivity index (χ2n) is 6.64. The van der Waals surface area contributed by atoms with Gasteiger partial charge in [0.05, 0.1) is 21.4 Å². The predicted molar refractivity (Wildman–Crippen MR) is 144 cm³/mol. The molecular weight excluding hydrogens is 711 g/mol. The third-order valence-corrected chi connectivity index (χ3v) is 7.11. The zero-order chi connectivity index (χ0) is 23.0. The molecule has 2 aromatic heterocycles. The lowest BCUT2D eigenvalue weighted by molar-refractivity contribution is 0.103. The Morgan fingerprint density at radius 3 is 1.44 bits per heavy atom. The standard InChI is InChI=1S/C23H10Br4Cl2N2O/c24-11-1-5-17(28)15(9-11)21-13(3-7-19(26)30-21)23(32)14-4-8-20(27)31-22(14)16-10-12(25)2-6-18(16)29/h1-10H. The molecule has 0 bridgehead atoms. The Labute approximate surface area is 228 Å². The van der Waals surface area contributed by atoms with Gasteiger partial charge in [-0.2, -0.15) is 0 Å². The topological polar surface area (TPSA) is 42.9 Å². The number of halogens is 6. The van der Waals surface area contributed by atoms with Crippen molar-refractivity contribution in [2.75, 3.05) is 0 Å². The number of hydrogen-bond donors (Lipinski definition) is 0. The van der Waals surface area contributed by atoms with Crippen molar-refractivity contribution < 1.29 is 4.79 Å². The minimum Gasteiger partial charge on any atom is -0.288 e. The van der Waals surface area contributed by atoms with Gasteiger partial charge in [-0.3, -0.25) is 4.79 Å². The van der Waals surface area contributed by atoms with Crippen molar-refractivity contribution in [2.45, 2.75) is 0 Å². The molecule has 0 saturated heterocycles. The van der Waals surface area contributed by atoms with Gasteiger partial charge >= 0.3 is 0 Å². The highest BCUT2D eigenvalue weighted by atomic mass is 79.9. The highest BCUT2D eigenvalue weighted by Gasteiger charge is 2.23. The van der Waals surface area contributed by atoms with Crippen molar-refractivity contribution >= 4 is 92.7 Å². The summed E-state index contributed by atoms with van der Waals surface area (Å²) in [6, 6.07) is 17.7. The van der Waals surface area contributed by atoms with Crippen molar-refractivity contribution in [3.05, 3.63) is 100.0 Å². The first kappa shape index (κ1) is 24.0. The lowest BCUT2D eigenvalue weighted by Gasteiger charge is -2.14. The maximum Gasteiger partial charge on any atom is 0.197 e. The molecule has 0 atom stereocenters. The van der Waals surface area contributed by atoms with Gasteiger partial charge in [-0.1, -0.05) is 55.1 Å². The number of aromatic nitrogens is 2. The molecule has 0 amide bonds. The van der Waals surface area contributed by atoms with Crippen LogP contribution in [0.15, 0.2) is 78.8 Å². The molecule has 0 radical (unpaired) electrons. The maximum atomic E-state index is 13.8. The van der Waals surface area contributed by atoms with Crippen molar-refractivity contribution in [1.82, 2.24) is 9.97 Å². The number of hydrogen-bond acceptors (Lipinski definition) is 3. The molecule has 2 aromatic carbocycles. The van der Waals surface area contributed by atoms with Gasteiger partial charge in [0.25, 0.3) is 0 Å². The van der Waals surface area contributed by atoms with E-state index in [9.17, 15) is 4.79 Å². The van der Waals surface area contributed by atoms with Gasteiger partial charge in [0.2, 0.25) is 0 Å². The van der Waals surface area contributed by atoms with Gasteiger partial charge in [0.1, 0.15) is 9.21 Å². The van der Waals surface area contributed by atoms with E-state index in [1.807, 2.05) is 24.3 Å². The molecule has 2 heterocycles. The van der Waals surface area contributed by atoms with E-state index in [0.717, 1.165) is 8.95 Å². The molecule has 4 rings (SSSR count). The van der Waals surface area contributed by atoms with Gasteiger partial charge < -0.3 is 0 Å². The van der Waals surface area contributed by atoms with Crippen LogP contribution in [0.2, 0.25) is 10.0 Å². The van der Waals surface area contributed by atoms with Crippen molar-refractivity contribution in [1.29, 1.82) is 0 Å². The van der Waals surface area contributed by atoms with E-state index in [4.69, 9.17) is 23.2 Å². The SMILES string of the molecule is O=C(c1ccc(Br)nc1-c1cc(Br)ccc1Cl)c1ccc(Br)nc1-c1cc(Br)ccc1Cl. The molecule has 0 saturated carbocycles. The number of carbonyl (C=O) groups is 1. The van der Waals surface area contributed by atoms with Crippen LogP contribution in [-0.2, 0) is 0 Å². The molecular formula is C23H10Br4Cl2N2O. The first-order chi connectivity index (χ1) is 15.2. The Hall–Kier alpha value is -1.09. The first-order valence-corrected chi connectivity index (χ1v) is 13.0. The van der Waals surface area contributed by atoms with Gasteiger partial charge in [0, 0.05) is 31.2 Å². The van der Waals surface area contributed by atoms with Crippen LogP contribution in [0, 0.1) is 0 Å². The average molecular weight is 721 g/mol. The fraction of sp³-hybridized carbons (Fsp3) is 0. The molecule has 0 N–H and O–H groups in total. The van der Waals surface area contributed by atoms with E-state index in [0.29, 0.717) is 52.9 Å². The minimum atomic E-state index is -0.248. The molecule has 32 heavy (non-hydrogen) atoms. The third-order valence-electron chi connectivity index (χ3n) is 4.58.